The van der Waals surface area contributed by atoms with Crippen molar-refractivity contribution in [3.8, 4) is 5.69 Å². The molecule has 1 unspecified atom stereocenters. The van der Waals surface area contributed by atoms with Gasteiger partial charge in [-0.3, -0.25) is 4.79 Å². The number of carbonyl (C=O) groups is 2. The second-order valence-electron chi connectivity index (χ2n) is 6.67. The molecule has 1 aliphatic heterocycles. The first-order valence-corrected chi connectivity index (χ1v) is 10.0. The van der Waals surface area contributed by atoms with Crippen molar-refractivity contribution in [2.75, 3.05) is 13.1 Å². The summed E-state index contributed by atoms with van der Waals surface area (Å²) in [6, 6.07) is 7.97. The highest BCUT2D eigenvalue weighted by Gasteiger charge is 2.38. The van der Waals surface area contributed by atoms with E-state index in [1.807, 2.05) is 35.1 Å². The molecule has 1 saturated heterocycles. The second kappa shape index (κ2) is 11.1. The van der Waals surface area contributed by atoms with Gasteiger partial charge in [0.1, 0.15) is 0 Å². The van der Waals surface area contributed by atoms with Gasteiger partial charge in [0.2, 0.25) is 5.91 Å². The van der Waals surface area contributed by atoms with Gasteiger partial charge in [0.25, 0.3) is 0 Å². The van der Waals surface area contributed by atoms with Crippen molar-refractivity contribution in [1.82, 2.24) is 20.4 Å². The fourth-order valence-electron chi connectivity index (χ4n) is 2.80. The van der Waals surface area contributed by atoms with E-state index in [-0.39, 0.29) is 11.8 Å². The number of alkyl halides is 3. The molecule has 1 aromatic carbocycles. The zero-order valence-corrected chi connectivity index (χ0v) is 17.5. The molecule has 1 aliphatic rings. The first-order valence-electron chi connectivity index (χ1n) is 9.25. The number of carbonyl (C=O) groups excluding carboxylic acids is 1. The van der Waals surface area contributed by atoms with Gasteiger partial charge in [-0.25, -0.2) is 9.48 Å². The monoisotopic (exact) mass is 490 g/mol. The molecular weight excluding hydrogens is 469 g/mol. The molecule has 0 bridgehead atoms. The van der Waals surface area contributed by atoms with E-state index < -0.39 is 12.1 Å². The Hall–Kier alpha value is -2.40. The van der Waals surface area contributed by atoms with Crippen LogP contribution in [0.1, 0.15) is 24.8 Å². The number of amides is 1. The average Bonchev–Trinajstić information content (AvgIpc) is 2.99. The molecular formula is C19H22BrF3N4O3. The van der Waals surface area contributed by atoms with Crippen molar-refractivity contribution < 1.29 is 27.9 Å². The maximum absolute atomic E-state index is 12.3. The number of aliphatic carboxylic acids is 1. The Kier molecular flexibility index (Phi) is 8.85. The Balaban J connectivity index is 0.000000396. The van der Waals surface area contributed by atoms with Gasteiger partial charge in [0, 0.05) is 28.7 Å². The third-order valence-corrected chi connectivity index (χ3v) is 4.91. The fraction of sp³-hybridized carbons (Fsp3) is 0.421. The third kappa shape index (κ3) is 7.79. The van der Waals surface area contributed by atoms with Crippen LogP contribution in [-0.4, -0.2) is 46.0 Å². The number of aromatic nitrogens is 2. The van der Waals surface area contributed by atoms with Crippen LogP contribution in [0.15, 0.2) is 41.1 Å². The van der Waals surface area contributed by atoms with Crippen LogP contribution in [0.5, 0.6) is 0 Å². The fourth-order valence-corrected chi connectivity index (χ4v) is 3.07. The molecule has 2 heterocycles. The molecule has 1 amide bonds. The maximum atomic E-state index is 12.3. The van der Waals surface area contributed by atoms with Gasteiger partial charge >= 0.3 is 12.1 Å². The van der Waals surface area contributed by atoms with Crippen molar-refractivity contribution >= 4 is 27.8 Å². The number of hydrogen-bond donors (Lipinski definition) is 3. The number of hydrogen-bond acceptors (Lipinski definition) is 4. The molecule has 0 spiro atoms. The van der Waals surface area contributed by atoms with Crippen molar-refractivity contribution in [3.63, 3.8) is 0 Å². The van der Waals surface area contributed by atoms with E-state index in [1.165, 1.54) is 0 Å². The predicted octanol–water partition coefficient (Wildman–Crippen LogP) is 3.27. The van der Waals surface area contributed by atoms with Gasteiger partial charge in [0.15, 0.2) is 0 Å². The minimum Gasteiger partial charge on any atom is -0.475 e. The molecule has 3 N–H and O–H groups in total. The van der Waals surface area contributed by atoms with Gasteiger partial charge in [-0.15, -0.1) is 0 Å². The van der Waals surface area contributed by atoms with E-state index in [2.05, 4.69) is 31.7 Å². The number of rotatable bonds is 4. The molecule has 30 heavy (non-hydrogen) atoms. The summed E-state index contributed by atoms with van der Waals surface area (Å²) in [5.74, 6) is -2.47. The summed E-state index contributed by atoms with van der Waals surface area (Å²) < 4.78 is 34.6. The van der Waals surface area contributed by atoms with E-state index in [4.69, 9.17) is 9.90 Å². The molecule has 1 aromatic heterocycles. The van der Waals surface area contributed by atoms with Crippen molar-refractivity contribution in [3.05, 3.63) is 46.7 Å². The number of carboxylic acid groups (broad SMARTS) is 1. The van der Waals surface area contributed by atoms with Crippen LogP contribution in [-0.2, 0) is 16.1 Å². The van der Waals surface area contributed by atoms with Gasteiger partial charge in [-0.2, -0.15) is 18.3 Å². The standard InChI is InChI=1S/C17H21BrN4O.C2HF3O2/c18-15-3-5-16(6-4-15)22-12-13(11-21-22)10-20-17(23)14-2-1-8-19-9-7-14;3-2(4,5)1(6)7/h3-6,11-12,14,19H,1-2,7-10H2,(H,20,23);(H,6,7). The smallest absolute Gasteiger partial charge is 0.475 e. The van der Waals surface area contributed by atoms with E-state index in [0.717, 1.165) is 48.1 Å². The van der Waals surface area contributed by atoms with Gasteiger partial charge in [-0.05, 0) is 56.6 Å². The normalized spacial score (nSPS) is 16.7. The Bertz CT molecular complexity index is 832. The number of benzene rings is 1. The SMILES string of the molecule is O=C(NCc1cnn(-c2ccc(Br)cc2)c1)C1CCCNCC1.O=C(O)C(F)(F)F. The van der Waals surface area contributed by atoms with Crippen LogP contribution in [0, 0.1) is 5.92 Å². The summed E-state index contributed by atoms with van der Waals surface area (Å²) in [5, 5.41) is 17.9. The highest BCUT2D eigenvalue weighted by molar-refractivity contribution is 9.10. The van der Waals surface area contributed by atoms with Gasteiger partial charge in [-0.1, -0.05) is 15.9 Å². The predicted molar refractivity (Wildman–Crippen MR) is 107 cm³/mol. The minimum absolute atomic E-state index is 0.131. The van der Waals surface area contributed by atoms with Crippen molar-refractivity contribution in [2.24, 2.45) is 5.92 Å². The lowest BCUT2D eigenvalue weighted by Crippen LogP contribution is -2.30. The largest absolute Gasteiger partial charge is 0.490 e. The molecule has 1 fully saturated rings. The van der Waals surface area contributed by atoms with E-state index >= 15 is 0 Å². The average molecular weight is 491 g/mol. The quantitative estimate of drug-likeness (QED) is 0.611. The van der Waals surface area contributed by atoms with Gasteiger partial charge < -0.3 is 15.7 Å². The molecule has 0 aliphatic carbocycles. The summed E-state index contributed by atoms with van der Waals surface area (Å²) in [5.41, 5.74) is 2.01. The summed E-state index contributed by atoms with van der Waals surface area (Å²) in [6.45, 7) is 2.47. The minimum atomic E-state index is -5.08. The van der Waals surface area contributed by atoms with E-state index in [9.17, 15) is 18.0 Å². The lowest BCUT2D eigenvalue weighted by atomic mass is 10.00. The molecule has 3 rings (SSSR count). The lowest BCUT2D eigenvalue weighted by Gasteiger charge is -2.13. The number of carboxylic acids is 1. The molecule has 0 radical (unpaired) electrons. The van der Waals surface area contributed by atoms with Crippen LogP contribution >= 0.6 is 15.9 Å². The molecule has 7 nitrogen and oxygen atoms in total. The third-order valence-electron chi connectivity index (χ3n) is 4.38. The molecule has 164 valence electrons. The van der Waals surface area contributed by atoms with E-state index in [1.54, 1.807) is 6.20 Å². The van der Waals surface area contributed by atoms with Crippen molar-refractivity contribution in [2.45, 2.75) is 32.0 Å². The molecule has 0 saturated carbocycles. The van der Waals surface area contributed by atoms with Crippen LogP contribution in [0.25, 0.3) is 5.69 Å². The first-order chi connectivity index (χ1) is 14.2. The van der Waals surface area contributed by atoms with Crippen LogP contribution in [0.4, 0.5) is 13.2 Å². The van der Waals surface area contributed by atoms with Crippen LogP contribution in [0.2, 0.25) is 0 Å². The Morgan fingerprint density at radius 3 is 2.53 bits per heavy atom. The summed E-state index contributed by atoms with van der Waals surface area (Å²) in [4.78, 5) is 21.2. The van der Waals surface area contributed by atoms with Gasteiger partial charge in [0.05, 0.1) is 11.9 Å². The molecule has 11 heteroatoms. The Labute approximate surface area is 179 Å². The van der Waals surface area contributed by atoms with Crippen LogP contribution < -0.4 is 10.6 Å². The van der Waals surface area contributed by atoms with Crippen molar-refractivity contribution in [1.29, 1.82) is 0 Å². The zero-order valence-electron chi connectivity index (χ0n) is 16.0. The van der Waals surface area contributed by atoms with Crippen LogP contribution in [0.3, 0.4) is 0 Å². The molecule has 2 aromatic rings. The Morgan fingerprint density at radius 1 is 1.23 bits per heavy atom. The molecule has 1 atom stereocenters. The summed E-state index contributed by atoms with van der Waals surface area (Å²) in [7, 11) is 0. The maximum Gasteiger partial charge on any atom is 0.490 e. The number of nitrogens with zero attached hydrogens (tertiary/aromatic N) is 2. The zero-order chi connectivity index (χ0) is 22.1. The first kappa shape index (κ1) is 23.9. The van der Waals surface area contributed by atoms with E-state index in [0.29, 0.717) is 6.54 Å². The highest BCUT2D eigenvalue weighted by atomic mass is 79.9. The number of nitrogens with one attached hydrogen (secondary N) is 2. The topological polar surface area (TPSA) is 96.3 Å². The summed E-state index contributed by atoms with van der Waals surface area (Å²) in [6.07, 6.45) is 1.63. The Morgan fingerprint density at radius 2 is 1.90 bits per heavy atom. The highest BCUT2D eigenvalue weighted by Crippen LogP contribution is 2.16. The number of halogens is 4. The second-order valence-corrected chi connectivity index (χ2v) is 7.58. The lowest BCUT2D eigenvalue weighted by molar-refractivity contribution is -0.192. The summed E-state index contributed by atoms with van der Waals surface area (Å²) >= 11 is 3.43.